The van der Waals surface area contributed by atoms with Crippen LogP contribution in [-0.4, -0.2) is 47.6 Å². The van der Waals surface area contributed by atoms with E-state index in [1.54, 1.807) is 17.0 Å². The highest BCUT2D eigenvalue weighted by atomic mass is 35.5. The van der Waals surface area contributed by atoms with E-state index in [4.69, 9.17) is 10.5 Å². The van der Waals surface area contributed by atoms with Gasteiger partial charge >= 0.3 is 5.97 Å². The van der Waals surface area contributed by atoms with Crippen LogP contribution in [0.2, 0.25) is 0 Å². The first-order valence-electron chi connectivity index (χ1n) is 6.95. The molecule has 0 aromatic heterocycles. The predicted octanol–water partition coefficient (Wildman–Crippen LogP) is 1.10. The van der Waals surface area contributed by atoms with Gasteiger partial charge in [-0.3, -0.25) is 9.59 Å². The van der Waals surface area contributed by atoms with Crippen LogP contribution in [0.1, 0.15) is 19.4 Å². The molecule has 1 rings (SSSR count). The van der Waals surface area contributed by atoms with Crippen LogP contribution in [0.3, 0.4) is 0 Å². The van der Waals surface area contributed by atoms with Gasteiger partial charge in [0.05, 0.1) is 0 Å². The smallest absolute Gasteiger partial charge is 0.323 e. The van der Waals surface area contributed by atoms with Crippen molar-refractivity contribution in [3.05, 3.63) is 29.8 Å². The topological polar surface area (TPSA) is 92.9 Å². The number of benzene rings is 1. The average Bonchev–Trinajstić information content (AvgIpc) is 2.48. The molecule has 3 N–H and O–H groups in total. The molecule has 0 aliphatic carbocycles. The number of phenols is 1. The van der Waals surface area contributed by atoms with Crippen molar-refractivity contribution in [2.75, 3.05) is 19.7 Å². The van der Waals surface area contributed by atoms with Crippen LogP contribution in [-0.2, 0) is 20.7 Å². The molecule has 22 heavy (non-hydrogen) atoms. The molecule has 0 saturated heterocycles. The first kappa shape index (κ1) is 20.2. The van der Waals surface area contributed by atoms with E-state index in [1.165, 1.54) is 12.1 Å². The lowest BCUT2D eigenvalue weighted by Gasteiger charge is -2.19. The summed E-state index contributed by atoms with van der Waals surface area (Å²) in [4.78, 5) is 25.0. The summed E-state index contributed by atoms with van der Waals surface area (Å²) in [6.45, 7) is 4.59. The number of phenolic OH excluding ortho intramolecular Hbond substituents is 1. The number of carbonyl (C=O) groups excluding carboxylic acids is 2. The molecular weight excluding hydrogens is 308 g/mol. The number of carbonyl (C=O) groups is 2. The maximum atomic E-state index is 11.8. The normalized spacial score (nSPS) is 11.2. The van der Waals surface area contributed by atoms with Crippen molar-refractivity contribution < 1.29 is 19.4 Å². The number of halogens is 1. The number of nitrogens with two attached hydrogens (primary N) is 1. The number of nitrogens with zero attached hydrogens (tertiary/aromatic N) is 1. The van der Waals surface area contributed by atoms with Crippen LogP contribution in [0.25, 0.3) is 0 Å². The highest BCUT2D eigenvalue weighted by Crippen LogP contribution is 2.11. The number of hydrogen-bond donors (Lipinski definition) is 2. The van der Waals surface area contributed by atoms with Crippen LogP contribution in [0.4, 0.5) is 0 Å². The molecule has 1 aromatic rings. The Morgan fingerprint density at radius 3 is 2.27 bits per heavy atom. The van der Waals surface area contributed by atoms with Crippen molar-refractivity contribution in [2.24, 2.45) is 5.73 Å². The molecular formula is C15H23ClN2O4. The molecule has 0 heterocycles. The molecule has 6 nitrogen and oxygen atoms in total. The fraction of sp³-hybridized carbons (Fsp3) is 0.467. The zero-order valence-electron chi connectivity index (χ0n) is 12.8. The number of likely N-dealkylation sites (N-methyl/N-ethyl adjacent to an activating group) is 1. The molecule has 7 heteroatoms. The quantitative estimate of drug-likeness (QED) is 0.730. The first-order chi connectivity index (χ1) is 9.97. The molecule has 0 aliphatic heterocycles. The Hall–Kier alpha value is -1.79. The molecule has 0 bridgehead atoms. The Bertz CT molecular complexity index is 475. The second-order valence-corrected chi connectivity index (χ2v) is 4.65. The van der Waals surface area contributed by atoms with Gasteiger partial charge in [-0.2, -0.15) is 0 Å². The van der Waals surface area contributed by atoms with Gasteiger partial charge in [-0.05, 0) is 38.0 Å². The Kier molecular flexibility index (Phi) is 9.21. The predicted molar refractivity (Wildman–Crippen MR) is 85.9 cm³/mol. The zero-order chi connectivity index (χ0) is 15.8. The van der Waals surface area contributed by atoms with Crippen molar-refractivity contribution in [3.8, 4) is 5.75 Å². The minimum Gasteiger partial charge on any atom is -0.508 e. The summed E-state index contributed by atoms with van der Waals surface area (Å²) in [6, 6.07) is 5.58. The zero-order valence-corrected chi connectivity index (χ0v) is 13.6. The fourth-order valence-corrected chi connectivity index (χ4v) is 1.88. The molecule has 1 atom stereocenters. The van der Waals surface area contributed by atoms with Crippen molar-refractivity contribution >= 4 is 24.3 Å². The maximum Gasteiger partial charge on any atom is 0.323 e. The first-order valence-corrected chi connectivity index (χ1v) is 6.95. The second-order valence-electron chi connectivity index (χ2n) is 4.65. The van der Waals surface area contributed by atoms with Crippen molar-refractivity contribution in [1.82, 2.24) is 4.90 Å². The third-order valence-electron chi connectivity index (χ3n) is 3.15. The minimum absolute atomic E-state index is 0. The van der Waals surface area contributed by atoms with Crippen LogP contribution in [0.5, 0.6) is 5.75 Å². The van der Waals surface area contributed by atoms with Gasteiger partial charge in [-0.25, -0.2) is 0 Å². The van der Waals surface area contributed by atoms with E-state index in [9.17, 15) is 14.7 Å². The number of esters is 1. The summed E-state index contributed by atoms with van der Waals surface area (Å²) >= 11 is 0. The molecule has 0 saturated carbocycles. The molecule has 0 aliphatic rings. The van der Waals surface area contributed by atoms with E-state index in [2.05, 4.69) is 0 Å². The van der Waals surface area contributed by atoms with Crippen molar-refractivity contribution in [1.29, 1.82) is 0 Å². The number of amides is 1. The van der Waals surface area contributed by atoms with E-state index < -0.39 is 12.0 Å². The summed E-state index contributed by atoms with van der Waals surface area (Å²) < 4.78 is 4.94. The third-order valence-corrected chi connectivity index (χ3v) is 3.15. The third kappa shape index (κ3) is 6.32. The molecule has 0 spiro atoms. The van der Waals surface area contributed by atoms with Gasteiger partial charge in [0.25, 0.3) is 5.91 Å². The highest BCUT2D eigenvalue weighted by Gasteiger charge is 2.18. The summed E-state index contributed by atoms with van der Waals surface area (Å²) in [5.41, 5.74) is 6.57. The molecule has 0 fully saturated rings. The summed E-state index contributed by atoms with van der Waals surface area (Å²) in [5.74, 6) is -0.687. The fourth-order valence-electron chi connectivity index (χ4n) is 1.88. The van der Waals surface area contributed by atoms with Gasteiger partial charge in [-0.15, -0.1) is 12.4 Å². The lowest BCUT2D eigenvalue weighted by Crippen LogP contribution is -2.39. The minimum atomic E-state index is -0.834. The summed E-state index contributed by atoms with van der Waals surface area (Å²) in [7, 11) is 0. The number of ether oxygens (including phenoxy) is 1. The van der Waals surface area contributed by atoms with E-state index >= 15 is 0 Å². The van der Waals surface area contributed by atoms with Gasteiger partial charge in [-0.1, -0.05) is 12.1 Å². The van der Waals surface area contributed by atoms with Crippen molar-refractivity contribution in [3.63, 3.8) is 0 Å². The lowest BCUT2D eigenvalue weighted by atomic mass is 10.1. The van der Waals surface area contributed by atoms with Gasteiger partial charge in [0.2, 0.25) is 0 Å². The monoisotopic (exact) mass is 330 g/mol. The second kappa shape index (κ2) is 10.0. The Labute approximate surface area is 136 Å². The van der Waals surface area contributed by atoms with E-state index in [-0.39, 0.29) is 30.7 Å². The number of rotatable bonds is 7. The highest BCUT2D eigenvalue weighted by molar-refractivity contribution is 5.85. The van der Waals surface area contributed by atoms with E-state index in [1.807, 2.05) is 13.8 Å². The van der Waals surface area contributed by atoms with Gasteiger partial charge in [0, 0.05) is 13.1 Å². The average molecular weight is 331 g/mol. The number of aromatic hydroxyl groups is 1. The standard InChI is InChI=1S/C15H22N2O4.ClH/c1-3-17(4-2)14(19)10-21-15(20)13(16)9-11-5-7-12(18)8-6-11;/h5-8,13,18H,3-4,9-10,16H2,1-2H3;1H. The molecule has 1 unspecified atom stereocenters. The maximum absolute atomic E-state index is 11.8. The van der Waals surface area contributed by atoms with E-state index in [0.29, 0.717) is 19.5 Å². The van der Waals surface area contributed by atoms with Gasteiger partial charge in [0.15, 0.2) is 6.61 Å². The summed E-state index contributed by atoms with van der Waals surface area (Å²) in [6.07, 6.45) is 0.290. The van der Waals surface area contributed by atoms with Crippen LogP contribution in [0.15, 0.2) is 24.3 Å². The Morgan fingerprint density at radius 2 is 1.77 bits per heavy atom. The molecule has 1 amide bonds. The Morgan fingerprint density at radius 1 is 1.23 bits per heavy atom. The van der Waals surface area contributed by atoms with Crippen LogP contribution in [0, 0.1) is 0 Å². The molecule has 0 radical (unpaired) electrons. The summed E-state index contributed by atoms with van der Waals surface area (Å²) in [5, 5.41) is 9.18. The van der Waals surface area contributed by atoms with Gasteiger partial charge < -0.3 is 20.5 Å². The lowest BCUT2D eigenvalue weighted by molar-refractivity contribution is -0.153. The van der Waals surface area contributed by atoms with E-state index in [0.717, 1.165) is 5.56 Å². The SMILES string of the molecule is CCN(CC)C(=O)COC(=O)C(N)Cc1ccc(O)cc1.Cl. The molecule has 124 valence electrons. The number of hydrogen-bond acceptors (Lipinski definition) is 5. The van der Waals surface area contributed by atoms with Crippen LogP contribution < -0.4 is 5.73 Å². The van der Waals surface area contributed by atoms with Crippen molar-refractivity contribution in [2.45, 2.75) is 26.3 Å². The largest absolute Gasteiger partial charge is 0.508 e. The molecule has 1 aromatic carbocycles. The Balaban J connectivity index is 0.00000441. The van der Waals surface area contributed by atoms with Gasteiger partial charge in [0.1, 0.15) is 11.8 Å². The van der Waals surface area contributed by atoms with Crippen LogP contribution >= 0.6 is 12.4 Å².